The zero-order chi connectivity index (χ0) is 18.1. The Bertz CT molecular complexity index is 912. The van der Waals surface area contributed by atoms with Crippen LogP contribution in [-0.2, 0) is 11.3 Å². The number of aromatic nitrogens is 3. The normalized spacial score (nSPS) is 20.5. The maximum atomic E-state index is 12.8. The molecule has 0 N–H and O–H groups in total. The van der Waals surface area contributed by atoms with Gasteiger partial charge in [0.25, 0.3) is 5.91 Å². The fourth-order valence-corrected chi connectivity index (χ4v) is 3.49. The molecule has 2 aromatic heterocycles. The van der Waals surface area contributed by atoms with Crippen LogP contribution < -0.4 is 0 Å². The first-order chi connectivity index (χ1) is 12.6. The van der Waals surface area contributed by atoms with Gasteiger partial charge in [-0.1, -0.05) is 30.3 Å². The molecule has 3 heterocycles. The number of amides is 1. The van der Waals surface area contributed by atoms with Gasteiger partial charge < -0.3 is 9.64 Å². The van der Waals surface area contributed by atoms with Gasteiger partial charge in [-0.3, -0.25) is 4.79 Å². The molecule has 2 unspecified atom stereocenters. The minimum atomic E-state index is -0.00258. The van der Waals surface area contributed by atoms with Crippen molar-refractivity contribution in [2.24, 2.45) is 0 Å². The van der Waals surface area contributed by atoms with Crippen LogP contribution in [0, 0.1) is 0 Å². The largest absolute Gasteiger partial charge is 0.372 e. The molecule has 134 valence electrons. The number of rotatable bonds is 3. The lowest BCUT2D eigenvalue weighted by Gasteiger charge is -2.35. The first-order valence-corrected chi connectivity index (χ1v) is 8.90. The third-order valence-corrected chi connectivity index (χ3v) is 4.60. The van der Waals surface area contributed by atoms with Gasteiger partial charge in [0.15, 0.2) is 5.65 Å². The molecule has 1 fully saturated rings. The molecule has 1 aliphatic heterocycles. The van der Waals surface area contributed by atoms with Crippen molar-refractivity contribution >= 4 is 16.9 Å². The third kappa shape index (κ3) is 3.32. The van der Waals surface area contributed by atoms with Crippen LogP contribution in [-0.4, -0.2) is 50.9 Å². The zero-order valence-corrected chi connectivity index (χ0v) is 15.0. The summed E-state index contributed by atoms with van der Waals surface area (Å²) >= 11 is 0. The number of fused-ring (bicyclic) bond motifs is 1. The van der Waals surface area contributed by atoms with E-state index in [1.165, 1.54) is 0 Å². The Morgan fingerprint density at radius 1 is 1.15 bits per heavy atom. The van der Waals surface area contributed by atoms with Gasteiger partial charge in [-0.05, 0) is 25.5 Å². The second-order valence-corrected chi connectivity index (χ2v) is 6.89. The summed E-state index contributed by atoms with van der Waals surface area (Å²) in [5.41, 5.74) is 2.54. The Morgan fingerprint density at radius 3 is 2.62 bits per heavy atom. The van der Waals surface area contributed by atoms with E-state index in [1.54, 1.807) is 12.4 Å². The quantitative estimate of drug-likeness (QED) is 0.729. The van der Waals surface area contributed by atoms with E-state index in [4.69, 9.17) is 4.74 Å². The highest BCUT2D eigenvalue weighted by Gasteiger charge is 2.27. The van der Waals surface area contributed by atoms with Crippen LogP contribution in [0.1, 0.15) is 29.8 Å². The highest BCUT2D eigenvalue weighted by molar-refractivity contribution is 5.96. The fourth-order valence-electron chi connectivity index (χ4n) is 3.49. The zero-order valence-electron chi connectivity index (χ0n) is 15.0. The van der Waals surface area contributed by atoms with Crippen molar-refractivity contribution in [2.75, 3.05) is 13.1 Å². The number of morpholine rings is 1. The molecule has 0 bridgehead atoms. The molecule has 1 aliphatic rings. The molecule has 1 aromatic carbocycles. The van der Waals surface area contributed by atoms with Crippen molar-refractivity contribution < 1.29 is 9.53 Å². The van der Waals surface area contributed by atoms with Crippen LogP contribution in [0.4, 0.5) is 0 Å². The van der Waals surface area contributed by atoms with E-state index in [-0.39, 0.29) is 18.1 Å². The van der Waals surface area contributed by atoms with E-state index in [0.717, 1.165) is 16.6 Å². The summed E-state index contributed by atoms with van der Waals surface area (Å²) in [6.45, 7) is 5.85. The monoisotopic (exact) mass is 350 g/mol. The van der Waals surface area contributed by atoms with Gasteiger partial charge in [-0.2, -0.15) is 5.10 Å². The molecule has 0 radical (unpaired) electrons. The highest BCUT2D eigenvalue weighted by atomic mass is 16.5. The molecule has 4 rings (SSSR count). The van der Waals surface area contributed by atoms with Gasteiger partial charge in [-0.25, -0.2) is 9.67 Å². The van der Waals surface area contributed by atoms with E-state index in [9.17, 15) is 4.79 Å². The maximum Gasteiger partial charge on any atom is 0.255 e. The van der Waals surface area contributed by atoms with Crippen LogP contribution in [0.5, 0.6) is 0 Å². The minimum absolute atomic E-state index is 0.00258. The maximum absolute atomic E-state index is 12.8. The van der Waals surface area contributed by atoms with Gasteiger partial charge >= 0.3 is 0 Å². The number of carbonyl (C=O) groups excluding carboxylic acids is 1. The summed E-state index contributed by atoms with van der Waals surface area (Å²) < 4.78 is 7.57. The number of hydrogen-bond acceptors (Lipinski definition) is 4. The average Bonchev–Trinajstić information content (AvgIpc) is 3.03. The van der Waals surface area contributed by atoms with Crippen molar-refractivity contribution in [3.63, 3.8) is 0 Å². The predicted molar refractivity (Wildman–Crippen MR) is 99.0 cm³/mol. The Kier molecular flexibility index (Phi) is 4.42. The highest BCUT2D eigenvalue weighted by Crippen LogP contribution is 2.18. The lowest BCUT2D eigenvalue weighted by atomic mass is 10.1. The van der Waals surface area contributed by atoms with Crippen molar-refractivity contribution in [3.8, 4) is 0 Å². The van der Waals surface area contributed by atoms with Crippen LogP contribution in [0.3, 0.4) is 0 Å². The van der Waals surface area contributed by atoms with Crippen LogP contribution in [0.25, 0.3) is 11.0 Å². The molecule has 6 nitrogen and oxygen atoms in total. The number of benzene rings is 1. The summed E-state index contributed by atoms with van der Waals surface area (Å²) in [6.07, 6.45) is 3.52. The Labute approximate surface area is 152 Å². The standard InChI is InChI=1S/C20H22N4O2/c1-14-11-23(12-15(2)26-14)20(25)18-8-17-10-22-24(19(17)21-9-18)13-16-6-4-3-5-7-16/h3-10,14-15H,11-13H2,1-2H3. The molecule has 6 heteroatoms. The minimum Gasteiger partial charge on any atom is -0.372 e. The fraction of sp³-hybridized carbons (Fsp3) is 0.350. The molecule has 1 saturated heterocycles. The van der Waals surface area contributed by atoms with Crippen molar-refractivity contribution in [3.05, 3.63) is 59.9 Å². The first-order valence-electron chi connectivity index (χ1n) is 8.90. The van der Waals surface area contributed by atoms with E-state index in [2.05, 4.69) is 22.2 Å². The predicted octanol–water partition coefficient (Wildman–Crippen LogP) is 2.73. The molecule has 26 heavy (non-hydrogen) atoms. The number of pyridine rings is 1. The van der Waals surface area contributed by atoms with Gasteiger partial charge in [0, 0.05) is 24.7 Å². The van der Waals surface area contributed by atoms with E-state index in [1.807, 2.05) is 47.7 Å². The SMILES string of the molecule is CC1CN(C(=O)c2cnc3c(cnn3Cc3ccccc3)c2)CC(C)O1. The Balaban J connectivity index is 1.57. The number of ether oxygens (including phenoxy) is 1. The number of carbonyl (C=O) groups is 1. The van der Waals surface area contributed by atoms with Crippen LogP contribution in [0.15, 0.2) is 48.8 Å². The molecular formula is C20H22N4O2. The van der Waals surface area contributed by atoms with Gasteiger partial charge in [0.05, 0.1) is 30.5 Å². The Morgan fingerprint density at radius 2 is 1.88 bits per heavy atom. The molecule has 0 aliphatic carbocycles. The summed E-state index contributed by atoms with van der Waals surface area (Å²) in [7, 11) is 0. The van der Waals surface area contributed by atoms with Crippen molar-refractivity contribution in [1.82, 2.24) is 19.7 Å². The van der Waals surface area contributed by atoms with E-state index in [0.29, 0.717) is 25.2 Å². The summed E-state index contributed by atoms with van der Waals surface area (Å²) in [6, 6.07) is 12.0. The van der Waals surface area contributed by atoms with Gasteiger partial charge in [0.2, 0.25) is 0 Å². The molecule has 2 atom stereocenters. The second kappa shape index (κ2) is 6.88. The molecule has 3 aromatic rings. The Hall–Kier alpha value is -2.73. The summed E-state index contributed by atoms with van der Waals surface area (Å²) in [5, 5.41) is 5.31. The molecular weight excluding hydrogens is 328 g/mol. The van der Waals surface area contributed by atoms with Gasteiger partial charge in [0.1, 0.15) is 0 Å². The lowest BCUT2D eigenvalue weighted by molar-refractivity contribution is -0.0586. The summed E-state index contributed by atoms with van der Waals surface area (Å²) in [4.78, 5) is 19.2. The van der Waals surface area contributed by atoms with Crippen molar-refractivity contribution in [1.29, 1.82) is 0 Å². The third-order valence-electron chi connectivity index (χ3n) is 4.60. The molecule has 0 saturated carbocycles. The molecule has 1 amide bonds. The van der Waals surface area contributed by atoms with E-state index >= 15 is 0 Å². The number of nitrogens with zero attached hydrogens (tertiary/aromatic N) is 4. The smallest absolute Gasteiger partial charge is 0.255 e. The first kappa shape index (κ1) is 16.7. The molecule has 0 spiro atoms. The van der Waals surface area contributed by atoms with E-state index < -0.39 is 0 Å². The average molecular weight is 350 g/mol. The lowest BCUT2D eigenvalue weighted by Crippen LogP contribution is -2.48. The topological polar surface area (TPSA) is 60.2 Å². The number of hydrogen-bond donors (Lipinski definition) is 0. The summed E-state index contributed by atoms with van der Waals surface area (Å²) in [5.74, 6) is -0.00258. The second-order valence-electron chi connectivity index (χ2n) is 6.89. The van der Waals surface area contributed by atoms with Crippen LogP contribution >= 0.6 is 0 Å². The van der Waals surface area contributed by atoms with Crippen LogP contribution in [0.2, 0.25) is 0 Å². The van der Waals surface area contributed by atoms with Gasteiger partial charge in [-0.15, -0.1) is 0 Å². The van der Waals surface area contributed by atoms with Crippen molar-refractivity contribution in [2.45, 2.75) is 32.6 Å².